The molecule has 0 spiro atoms. The average molecular weight is 343 g/mol. The maximum Gasteiger partial charge on any atom is 0.253 e. The highest BCUT2D eigenvalue weighted by Gasteiger charge is 2.22. The van der Waals surface area contributed by atoms with Crippen LogP contribution in [-0.2, 0) is 0 Å². The number of halogens is 2. The SMILES string of the molecule is CCCN(CC1CCCN1)C(=O)c1ccc(F)c(Br)c1. The number of carbonyl (C=O) groups is 1. The van der Waals surface area contributed by atoms with Gasteiger partial charge in [-0.1, -0.05) is 6.92 Å². The van der Waals surface area contributed by atoms with Gasteiger partial charge < -0.3 is 10.2 Å². The lowest BCUT2D eigenvalue weighted by Gasteiger charge is -2.25. The smallest absolute Gasteiger partial charge is 0.253 e. The van der Waals surface area contributed by atoms with Crippen LogP contribution < -0.4 is 5.32 Å². The first kappa shape index (κ1) is 15.4. The van der Waals surface area contributed by atoms with E-state index >= 15 is 0 Å². The lowest BCUT2D eigenvalue weighted by Crippen LogP contribution is -2.41. The van der Waals surface area contributed by atoms with Crippen molar-refractivity contribution in [3.05, 3.63) is 34.1 Å². The van der Waals surface area contributed by atoms with E-state index in [1.165, 1.54) is 12.5 Å². The Bertz CT molecular complexity index is 475. The fourth-order valence-corrected chi connectivity index (χ4v) is 2.91. The number of carbonyl (C=O) groups excluding carboxylic acids is 1. The summed E-state index contributed by atoms with van der Waals surface area (Å²) in [5, 5.41) is 3.41. The van der Waals surface area contributed by atoms with E-state index in [2.05, 4.69) is 28.2 Å². The Morgan fingerprint density at radius 2 is 2.35 bits per heavy atom. The molecule has 1 unspecified atom stereocenters. The topological polar surface area (TPSA) is 32.3 Å². The van der Waals surface area contributed by atoms with E-state index in [0.717, 1.165) is 32.5 Å². The summed E-state index contributed by atoms with van der Waals surface area (Å²) >= 11 is 3.13. The zero-order valence-electron chi connectivity index (χ0n) is 11.7. The summed E-state index contributed by atoms with van der Waals surface area (Å²) in [6.45, 7) is 4.54. The van der Waals surface area contributed by atoms with Gasteiger partial charge in [0.1, 0.15) is 5.82 Å². The monoisotopic (exact) mass is 342 g/mol. The minimum absolute atomic E-state index is 0.0266. The molecular formula is C15H20BrFN2O. The van der Waals surface area contributed by atoms with E-state index < -0.39 is 0 Å². The molecule has 1 heterocycles. The molecule has 1 aliphatic rings. The van der Waals surface area contributed by atoms with Crippen LogP contribution >= 0.6 is 15.9 Å². The molecule has 0 radical (unpaired) electrons. The van der Waals surface area contributed by atoms with Gasteiger partial charge in [0.25, 0.3) is 5.91 Å². The molecule has 1 aromatic carbocycles. The molecule has 20 heavy (non-hydrogen) atoms. The third kappa shape index (κ3) is 3.79. The molecule has 1 N–H and O–H groups in total. The van der Waals surface area contributed by atoms with Gasteiger partial charge in [-0.15, -0.1) is 0 Å². The molecule has 0 bridgehead atoms. The van der Waals surface area contributed by atoms with Gasteiger partial charge in [0.2, 0.25) is 0 Å². The third-order valence-electron chi connectivity index (χ3n) is 3.55. The van der Waals surface area contributed by atoms with Crippen LogP contribution in [0.1, 0.15) is 36.5 Å². The molecular weight excluding hydrogens is 323 g/mol. The van der Waals surface area contributed by atoms with E-state index in [-0.39, 0.29) is 11.7 Å². The number of nitrogens with one attached hydrogen (secondary N) is 1. The molecule has 1 fully saturated rings. The summed E-state index contributed by atoms with van der Waals surface area (Å²) in [6.07, 6.45) is 3.20. The number of hydrogen-bond donors (Lipinski definition) is 1. The Labute approximate surface area is 127 Å². The number of benzene rings is 1. The van der Waals surface area contributed by atoms with Crippen molar-refractivity contribution < 1.29 is 9.18 Å². The second-order valence-electron chi connectivity index (χ2n) is 5.17. The quantitative estimate of drug-likeness (QED) is 0.891. The van der Waals surface area contributed by atoms with Gasteiger partial charge >= 0.3 is 0 Å². The largest absolute Gasteiger partial charge is 0.337 e. The van der Waals surface area contributed by atoms with E-state index in [9.17, 15) is 9.18 Å². The number of hydrogen-bond acceptors (Lipinski definition) is 2. The summed E-state index contributed by atoms with van der Waals surface area (Å²) in [5.74, 6) is -0.373. The van der Waals surface area contributed by atoms with Crippen molar-refractivity contribution >= 4 is 21.8 Å². The number of amides is 1. The molecule has 1 atom stereocenters. The second kappa shape index (κ2) is 7.18. The summed E-state index contributed by atoms with van der Waals surface area (Å²) in [5.41, 5.74) is 0.532. The van der Waals surface area contributed by atoms with Crippen molar-refractivity contribution in [3.63, 3.8) is 0 Å². The first-order chi connectivity index (χ1) is 9.61. The zero-order chi connectivity index (χ0) is 14.5. The molecule has 1 amide bonds. The van der Waals surface area contributed by atoms with Gasteiger partial charge in [-0.05, 0) is 59.9 Å². The molecule has 3 nitrogen and oxygen atoms in total. The van der Waals surface area contributed by atoms with Crippen molar-refractivity contribution in [2.75, 3.05) is 19.6 Å². The maximum absolute atomic E-state index is 13.3. The fraction of sp³-hybridized carbons (Fsp3) is 0.533. The molecule has 1 aliphatic heterocycles. The lowest BCUT2D eigenvalue weighted by atomic mass is 10.1. The summed E-state index contributed by atoms with van der Waals surface area (Å²) < 4.78 is 13.6. The van der Waals surface area contributed by atoms with Gasteiger partial charge in [0, 0.05) is 24.7 Å². The summed E-state index contributed by atoms with van der Waals surface area (Å²) in [6, 6.07) is 4.82. The van der Waals surface area contributed by atoms with Crippen LogP contribution in [0.2, 0.25) is 0 Å². The molecule has 1 saturated heterocycles. The lowest BCUT2D eigenvalue weighted by molar-refractivity contribution is 0.0741. The predicted molar refractivity (Wildman–Crippen MR) is 81.3 cm³/mol. The van der Waals surface area contributed by atoms with Crippen LogP contribution in [0.4, 0.5) is 4.39 Å². The van der Waals surface area contributed by atoms with E-state index in [1.807, 2.05) is 4.90 Å². The Morgan fingerprint density at radius 3 is 2.95 bits per heavy atom. The molecule has 1 aromatic rings. The number of nitrogens with zero attached hydrogens (tertiary/aromatic N) is 1. The Kier molecular flexibility index (Phi) is 5.54. The fourth-order valence-electron chi connectivity index (χ4n) is 2.54. The molecule has 0 aliphatic carbocycles. The van der Waals surface area contributed by atoms with Gasteiger partial charge in [0.05, 0.1) is 4.47 Å². The van der Waals surface area contributed by atoms with Crippen molar-refractivity contribution in [2.24, 2.45) is 0 Å². The first-order valence-corrected chi connectivity index (χ1v) is 7.89. The predicted octanol–water partition coefficient (Wildman–Crippen LogP) is 3.19. The van der Waals surface area contributed by atoms with Gasteiger partial charge in [-0.2, -0.15) is 0 Å². The average Bonchev–Trinajstić information content (AvgIpc) is 2.93. The summed E-state index contributed by atoms with van der Waals surface area (Å²) in [7, 11) is 0. The normalized spacial score (nSPS) is 18.2. The van der Waals surface area contributed by atoms with E-state index in [1.54, 1.807) is 12.1 Å². The van der Waals surface area contributed by atoms with Gasteiger partial charge in [0.15, 0.2) is 0 Å². The van der Waals surface area contributed by atoms with Crippen molar-refractivity contribution in [2.45, 2.75) is 32.2 Å². The molecule has 0 saturated carbocycles. The zero-order valence-corrected chi connectivity index (χ0v) is 13.2. The van der Waals surface area contributed by atoms with Gasteiger partial charge in [-0.25, -0.2) is 4.39 Å². The molecule has 5 heteroatoms. The van der Waals surface area contributed by atoms with Crippen LogP contribution in [0, 0.1) is 5.82 Å². The minimum Gasteiger partial charge on any atom is -0.337 e. The molecule has 0 aromatic heterocycles. The Morgan fingerprint density at radius 1 is 1.55 bits per heavy atom. The maximum atomic E-state index is 13.3. The second-order valence-corrected chi connectivity index (χ2v) is 6.03. The summed E-state index contributed by atoms with van der Waals surface area (Å²) in [4.78, 5) is 14.4. The first-order valence-electron chi connectivity index (χ1n) is 7.09. The third-order valence-corrected chi connectivity index (χ3v) is 4.16. The molecule has 110 valence electrons. The number of rotatable bonds is 5. The van der Waals surface area contributed by atoms with Crippen molar-refractivity contribution in [1.82, 2.24) is 10.2 Å². The van der Waals surface area contributed by atoms with E-state index in [4.69, 9.17) is 0 Å². The van der Waals surface area contributed by atoms with Crippen LogP contribution in [-0.4, -0.2) is 36.5 Å². The van der Waals surface area contributed by atoms with E-state index in [0.29, 0.717) is 16.1 Å². The van der Waals surface area contributed by atoms with Crippen molar-refractivity contribution in [1.29, 1.82) is 0 Å². The van der Waals surface area contributed by atoms with Crippen LogP contribution in [0.25, 0.3) is 0 Å². The highest BCUT2D eigenvalue weighted by Crippen LogP contribution is 2.19. The van der Waals surface area contributed by atoms with Crippen molar-refractivity contribution in [3.8, 4) is 0 Å². The highest BCUT2D eigenvalue weighted by atomic mass is 79.9. The highest BCUT2D eigenvalue weighted by molar-refractivity contribution is 9.10. The molecule has 2 rings (SSSR count). The Balaban J connectivity index is 2.10. The van der Waals surface area contributed by atoms with Gasteiger partial charge in [-0.3, -0.25) is 4.79 Å². The van der Waals surface area contributed by atoms with Crippen LogP contribution in [0.15, 0.2) is 22.7 Å². The minimum atomic E-state index is -0.346. The standard InChI is InChI=1S/C15H20BrFN2O/c1-2-8-19(10-12-4-3-7-18-12)15(20)11-5-6-14(17)13(16)9-11/h5-6,9,12,18H,2-4,7-8,10H2,1H3. The Hall–Kier alpha value is -0.940. The van der Waals surface area contributed by atoms with Crippen LogP contribution in [0.3, 0.4) is 0 Å². The van der Waals surface area contributed by atoms with Crippen LogP contribution in [0.5, 0.6) is 0 Å².